The molecule has 1 N–H and O–H groups in total. The Bertz CT molecular complexity index is 785. The van der Waals surface area contributed by atoms with Crippen LogP contribution in [0.25, 0.3) is 11.2 Å². The van der Waals surface area contributed by atoms with Crippen LogP contribution < -0.4 is 16.1 Å². The Kier molecular flexibility index (Phi) is 2.89. The van der Waals surface area contributed by atoms with E-state index in [9.17, 15) is 9.59 Å². The predicted octanol–water partition coefficient (Wildman–Crippen LogP) is -1.36. The molecule has 0 aromatic carbocycles. The van der Waals surface area contributed by atoms with Crippen molar-refractivity contribution in [1.82, 2.24) is 18.7 Å². The zero-order valence-electron chi connectivity index (χ0n) is 11.5. The summed E-state index contributed by atoms with van der Waals surface area (Å²) in [6.07, 6.45) is 0.653. The third kappa shape index (κ3) is 1.61. The van der Waals surface area contributed by atoms with E-state index in [4.69, 9.17) is 5.11 Å². The molecule has 0 saturated heterocycles. The average Bonchev–Trinajstić information content (AvgIpc) is 2.99. The number of aliphatic hydroxyl groups is 1. The second kappa shape index (κ2) is 4.48. The molecular weight excluding hydrogens is 262 g/mol. The standard InChI is InChI=1S/C12H17N5O3/c1-14-9-8(10(19)15(2)12(14)20)17-6-5-16(4-3-7-18)11(17)13-9/h18H,3-7H2,1-2H3. The van der Waals surface area contributed by atoms with E-state index in [2.05, 4.69) is 4.98 Å². The lowest BCUT2D eigenvalue weighted by Crippen LogP contribution is -2.37. The van der Waals surface area contributed by atoms with E-state index in [1.54, 1.807) is 7.05 Å². The molecule has 1 aliphatic rings. The van der Waals surface area contributed by atoms with Crippen LogP contribution in [0.4, 0.5) is 5.95 Å². The van der Waals surface area contributed by atoms with Crippen molar-refractivity contribution in [2.75, 3.05) is 24.6 Å². The third-order valence-corrected chi connectivity index (χ3v) is 3.79. The van der Waals surface area contributed by atoms with Crippen molar-refractivity contribution in [3.8, 4) is 0 Å². The van der Waals surface area contributed by atoms with Gasteiger partial charge < -0.3 is 14.6 Å². The summed E-state index contributed by atoms with van der Waals surface area (Å²) in [6, 6.07) is 0. The summed E-state index contributed by atoms with van der Waals surface area (Å²) in [4.78, 5) is 30.7. The van der Waals surface area contributed by atoms with Crippen LogP contribution in [0.15, 0.2) is 9.59 Å². The summed E-state index contributed by atoms with van der Waals surface area (Å²) in [5.74, 6) is 0.701. The molecule has 0 amide bonds. The summed E-state index contributed by atoms with van der Waals surface area (Å²) in [5.41, 5.74) is 0.199. The van der Waals surface area contributed by atoms with Gasteiger partial charge in [-0.05, 0) is 6.42 Å². The maximum absolute atomic E-state index is 12.3. The molecule has 8 nitrogen and oxygen atoms in total. The highest BCUT2D eigenvalue weighted by Gasteiger charge is 2.26. The highest BCUT2D eigenvalue weighted by atomic mass is 16.3. The minimum atomic E-state index is -0.374. The Morgan fingerprint density at radius 2 is 1.95 bits per heavy atom. The van der Waals surface area contributed by atoms with Gasteiger partial charge in [0.1, 0.15) is 0 Å². The Morgan fingerprint density at radius 3 is 2.65 bits per heavy atom. The Hall–Kier alpha value is -2.09. The zero-order valence-corrected chi connectivity index (χ0v) is 11.5. The van der Waals surface area contributed by atoms with Gasteiger partial charge in [0.05, 0.1) is 0 Å². The Balaban J connectivity index is 2.24. The van der Waals surface area contributed by atoms with Crippen LogP contribution in [-0.4, -0.2) is 43.5 Å². The van der Waals surface area contributed by atoms with Gasteiger partial charge in [-0.15, -0.1) is 0 Å². The zero-order chi connectivity index (χ0) is 14.4. The van der Waals surface area contributed by atoms with E-state index < -0.39 is 0 Å². The van der Waals surface area contributed by atoms with Crippen LogP contribution in [-0.2, 0) is 20.6 Å². The van der Waals surface area contributed by atoms with Crippen molar-refractivity contribution in [3.05, 3.63) is 20.8 Å². The van der Waals surface area contributed by atoms with E-state index in [0.717, 1.165) is 11.1 Å². The van der Waals surface area contributed by atoms with E-state index in [0.29, 0.717) is 36.6 Å². The molecule has 0 fully saturated rings. The molecule has 3 rings (SSSR count). The number of fused-ring (bicyclic) bond motifs is 3. The number of rotatable bonds is 3. The molecule has 0 radical (unpaired) electrons. The molecule has 0 unspecified atom stereocenters. The summed E-state index contributed by atoms with van der Waals surface area (Å²) in [7, 11) is 3.09. The molecule has 0 spiro atoms. The first-order chi connectivity index (χ1) is 9.56. The number of aliphatic hydroxyl groups excluding tert-OH is 1. The van der Waals surface area contributed by atoms with Crippen LogP contribution in [0, 0.1) is 0 Å². The summed E-state index contributed by atoms with van der Waals surface area (Å²) >= 11 is 0. The van der Waals surface area contributed by atoms with E-state index in [1.807, 2.05) is 9.47 Å². The van der Waals surface area contributed by atoms with Gasteiger partial charge in [-0.1, -0.05) is 0 Å². The summed E-state index contributed by atoms with van der Waals surface area (Å²) in [5, 5.41) is 8.92. The van der Waals surface area contributed by atoms with Crippen LogP contribution in [0.2, 0.25) is 0 Å². The number of hydrogen-bond donors (Lipinski definition) is 1. The number of aryl methyl sites for hydroxylation is 1. The van der Waals surface area contributed by atoms with Gasteiger partial charge in [0.2, 0.25) is 5.95 Å². The molecule has 20 heavy (non-hydrogen) atoms. The van der Waals surface area contributed by atoms with Crippen LogP contribution in [0.3, 0.4) is 0 Å². The lowest BCUT2D eigenvalue weighted by Gasteiger charge is -2.14. The third-order valence-electron chi connectivity index (χ3n) is 3.79. The first-order valence-corrected chi connectivity index (χ1v) is 6.58. The number of aromatic nitrogens is 4. The van der Waals surface area contributed by atoms with Gasteiger partial charge in [0, 0.05) is 40.3 Å². The van der Waals surface area contributed by atoms with Crippen molar-refractivity contribution in [3.63, 3.8) is 0 Å². The van der Waals surface area contributed by atoms with Crippen LogP contribution >= 0.6 is 0 Å². The number of nitrogens with zero attached hydrogens (tertiary/aromatic N) is 5. The minimum Gasteiger partial charge on any atom is -0.396 e. The van der Waals surface area contributed by atoms with Crippen molar-refractivity contribution in [1.29, 1.82) is 0 Å². The maximum Gasteiger partial charge on any atom is 0.332 e. The SMILES string of the molecule is Cn1c(=O)c2c(nc3n2CCN3CCCO)n(C)c1=O. The number of hydrogen-bond acceptors (Lipinski definition) is 5. The molecule has 2 aromatic rings. The fraction of sp³-hybridized carbons (Fsp3) is 0.583. The monoisotopic (exact) mass is 279 g/mol. The van der Waals surface area contributed by atoms with Gasteiger partial charge in [-0.25, -0.2) is 4.79 Å². The molecular formula is C12H17N5O3. The Labute approximate surface area is 114 Å². The normalized spacial score (nSPS) is 14.2. The van der Waals surface area contributed by atoms with Gasteiger partial charge in [-0.3, -0.25) is 13.9 Å². The highest BCUT2D eigenvalue weighted by Crippen LogP contribution is 2.24. The molecule has 0 atom stereocenters. The highest BCUT2D eigenvalue weighted by molar-refractivity contribution is 5.75. The summed E-state index contributed by atoms with van der Waals surface area (Å²) in [6.45, 7) is 2.25. The van der Waals surface area contributed by atoms with Crippen LogP contribution in [0.5, 0.6) is 0 Å². The molecule has 8 heteroatoms. The number of imidazole rings is 1. The molecule has 0 saturated carbocycles. The van der Waals surface area contributed by atoms with Crippen molar-refractivity contribution < 1.29 is 5.11 Å². The lowest BCUT2D eigenvalue weighted by molar-refractivity contribution is 0.290. The van der Waals surface area contributed by atoms with Gasteiger partial charge in [0.15, 0.2) is 11.2 Å². The van der Waals surface area contributed by atoms with Crippen molar-refractivity contribution >= 4 is 17.1 Å². The molecule has 2 aromatic heterocycles. The smallest absolute Gasteiger partial charge is 0.332 e. The van der Waals surface area contributed by atoms with Gasteiger partial charge in [0.25, 0.3) is 5.56 Å². The van der Waals surface area contributed by atoms with Crippen molar-refractivity contribution in [2.24, 2.45) is 14.1 Å². The maximum atomic E-state index is 12.3. The molecule has 108 valence electrons. The molecule has 0 aliphatic carbocycles. The quantitative estimate of drug-likeness (QED) is 0.750. The Morgan fingerprint density at radius 1 is 1.20 bits per heavy atom. The van der Waals surface area contributed by atoms with E-state index in [-0.39, 0.29) is 17.9 Å². The van der Waals surface area contributed by atoms with Gasteiger partial charge in [-0.2, -0.15) is 4.98 Å². The topological polar surface area (TPSA) is 85.3 Å². The lowest BCUT2D eigenvalue weighted by atomic mass is 10.4. The van der Waals surface area contributed by atoms with Crippen molar-refractivity contribution in [2.45, 2.75) is 13.0 Å². The second-order valence-corrected chi connectivity index (χ2v) is 5.01. The van der Waals surface area contributed by atoms with Gasteiger partial charge >= 0.3 is 5.69 Å². The minimum absolute atomic E-state index is 0.122. The fourth-order valence-electron chi connectivity index (χ4n) is 2.68. The van der Waals surface area contributed by atoms with E-state index in [1.165, 1.54) is 11.6 Å². The molecule has 1 aliphatic heterocycles. The fourth-order valence-corrected chi connectivity index (χ4v) is 2.68. The average molecular weight is 279 g/mol. The van der Waals surface area contributed by atoms with E-state index >= 15 is 0 Å². The first kappa shape index (κ1) is 12.9. The second-order valence-electron chi connectivity index (χ2n) is 5.01. The first-order valence-electron chi connectivity index (χ1n) is 6.58. The number of anilines is 1. The predicted molar refractivity (Wildman–Crippen MR) is 74.1 cm³/mol. The summed E-state index contributed by atoms with van der Waals surface area (Å²) < 4.78 is 4.36. The van der Waals surface area contributed by atoms with Crippen LogP contribution in [0.1, 0.15) is 6.42 Å². The largest absolute Gasteiger partial charge is 0.396 e. The molecule has 0 bridgehead atoms. The molecule has 3 heterocycles.